The predicted octanol–water partition coefficient (Wildman–Crippen LogP) is 2.45. The lowest BCUT2D eigenvalue weighted by Crippen LogP contribution is -2.23. The largest absolute Gasteiger partial charge is 0.469 e. The zero-order valence-electron chi connectivity index (χ0n) is 10.5. The van der Waals surface area contributed by atoms with Gasteiger partial charge in [-0.2, -0.15) is 0 Å². The van der Waals surface area contributed by atoms with Crippen molar-refractivity contribution in [3.05, 3.63) is 34.1 Å². The smallest absolute Gasteiger partial charge is 0.306 e. The van der Waals surface area contributed by atoms with E-state index in [2.05, 4.69) is 20.7 Å². The third kappa shape index (κ3) is 4.58. The van der Waals surface area contributed by atoms with E-state index in [1.807, 2.05) is 0 Å². The van der Waals surface area contributed by atoms with Crippen molar-refractivity contribution in [2.24, 2.45) is 0 Å². The molecule has 0 spiro atoms. The summed E-state index contributed by atoms with van der Waals surface area (Å²) in [6, 6.07) is 4.18. The zero-order valence-corrected chi connectivity index (χ0v) is 12.9. The molecule has 0 aliphatic rings. The number of methoxy groups -OCH3 is 1. The molecule has 1 atom stereocenters. The maximum atomic E-state index is 13.6. The number of rotatable bonds is 5. The first-order valence-corrected chi connectivity index (χ1v) is 7.99. The highest BCUT2D eigenvalue weighted by atomic mass is 79.9. The third-order valence-electron chi connectivity index (χ3n) is 2.67. The van der Waals surface area contributed by atoms with Crippen molar-refractivity contribution in [1.29, 1.82) is 0 Å². The van der Waals surface area contributed by atoms with E-state index < -0.39 is 32.6 Å². The molecule has 0 saturated heterocycles. The summed E-state index contributed by atoms with van der Waals surface area (Å²) in [6.45, 7) is 1.41. The van der Waals surface area contributed by atoms with E-state index in [1.165, 1.54) is 26.2 Å². The van der Waals surface area contributed by atoms with Crippen LogP contribution in [0.4, 0.5) is 4.39 Å². The Labute approximate surface area is 120 Å². The quantitative estimate of drug-likeness (QED) is 0.763. The minimum Gasteiger partial charge on any atom is -0.469 e. The van der Waals surface area contributed by atoms with Gasteiger partial charge in [-0.1, -0.05) is 22.0 Å². The maximum absolute atomic E-state index is 13.6. The van der Waals surface area contributed by atoms with Crippen molar-refractivity contribution < 1.29 is 22.3 Å². The molecule has 106 valence electrons. The van der Waals surface area contributed by atoms with Crippen LogP contribution in [0.25, 0.3) is 0 Å². The lowest BCUT2D eigenvalue weighted by atomic mass is 10.2. The normalized spacial score (nSPS) is 13.1. The van der Waals surface area contributed by atoms with Gasteiger partial charge in [0.1, 0.15) is 5.82 Å². The Hall–Kier alpha value is -0.950. The second-order valence-electron chi connectivity index (χ2n) is 4.13. The molecule has 0 aliphatic carbocycles. The van der Waals surface area contributed by atoms with Crippen LogP contribution >= 0.6 is 15.9 Å². The number of esters is 1. The number of halogens is 2. The minimum absolute atomic E-state index is 0.0833. The summed E-state index contributed by atoms with van der Waals surface area (Å²) in [6.07, 6.45) is -0.239. The molecule has 1 aromatic rings. The first kappa shape index (κ1) is 16.1. The van der Waals surface area contributed by atoms with Crippen molar-refractivity contribution in [3.8, 4) is 0 Å². The van der Waals surface area contributed by atoms with Crippen LogP contribution in [-0.2, 0) is 25.1 Å². The number of carbonyl (C=O) groups is 1. The highest BCUT2D eigenvalue weighted by Crippen LogP contribution is 2.20. The molecule has 0 N–H and O–H groups in total. The molecule has 0 radical (unpaired) electrons. The lowest BCUT2D eigenvalue weighted by Gasteiger charge is -2.12. The van der Waals surface area contributed by atoms with Crippen LogP contribution in [0.2, 0.25) is 0 Å². The maximum Gasteiger partial charge on any atom is 0.306 e. The number of sulfone groups is 1. The number of ether oxygens (including phenoxy) is 1. The fourth-order valence-electron chi connectivity index (χ4n) is 1.44. The fourth-order valence-corrected chi connectivity index (χ4v) is 3.12. The SMILES string of the molecule is COC(=O)CC(C)S(=O)(=O)Cc1ccc(Br)cc1F. The number of hydrogen-bond donors (Lipinski definition) is 0. The molecule has 19 heavy (non-hydrogen) atoms. The molecule has 0 fully saturated rings. The van der Waals surface area contributed by atoms with Crippen LogP contribution in [0, 0.1) is 5.82 Å². The zero-order chi connectivity index (χ0) is 14.6. The van der Waals surface area contributed by atoms with Crippen LogP contribution < -0.4 is 0 Å². The van der Waals surface area contributed by atoms with Crippen molar-refractivity contribution >= 4 is 31.7 Å². The van der Waals surface area contributed by atoms with E-state index in [9.17, 15) is 17.6 Å². The Morgan fingerprint density at radius 1 is 1.47 bits per heavy atom. The van der Waals surface area contributed by atoms with E-state index in [4.69, 9.17) is 0 Å². The molecular weight excluding hydrogens is 339 g/mol. The molecule has 1 rings (SSSR count). The van der Waals surface area contributed by atoms with E-state index in [1.54, 1.807) is 6.07 Å². The van der Waals surface area contributed by atoms with Gasteiger partial charge >= 0.3 is 5.97 Å². The van der Waals surface area contributed by atoms with Crippen LogP contribution in [-0.4, -0.2) is 26.7 Å². The molecule has 0 amide bonds. The van der Waals surface area contributed by atoms with Crippen LogP contribution in [0.1, 0.15) is 18.9 Å². The van der Waals surface area contributed by atoms with Gasteiger partial charge in [-0.15, -0.1) is 0 Å². The first-order valence-electron chi connectivity index (χ1n) is 5.48. The summed E-state index contributed by atoms with van der Waals surface area (Å²) in [5.74, 6) is -1.64. The van der Waals surface area contributed by atoms with Gasteiger partial charge in [0.25, 0.3) is 0 Å². The van der Waals surface area contributed by atoms with Crippen molar-refractivity contribution in [3.63, 3.8) is 0 Å². The van der Waals surface area contributed by atoms with Gasteiger partial charge in [-0.25, -0.2) is 12.8 Å². The van der Waals surface area contributed by atoms with Gasteiger partial charge in [0.15, 0.2) is 9.84 Å². The van der Waals surface area contributed by atoms with Crippen molar-refractivity contribution in [2.45, 2.75) is 24.3 Å². The molecule has 0 aliphatic heterocycles. The molecule has 0 bridgehead atoms. The highest BCUT2D eigenvalue weighted by molar-refractivity contribution is 9.10. The van der Waals surface area contributed by atoms with Gasteiger partial charge in [0, 0.05) is 10.0 Å². The van der Waals surface area contributed by atoms with E-state index in [0.717, 1.165) is 0 Å². The molecule has 4 nitrogen and oxygen atoms in total. The Bertz CT molecular complexity index is 571. The summed E-state index contributed by atoms with van der Waals surface area (Å²) >= 11 is 3.10. The summed E-state index contributed by atoms with van der Waals surface area (Å²) in [5.41, 5.74) is 0.0833. The number of carbonyl (C=O) groups excluding carboxylic acids is 1. The van der Waals surface area contributed by atoms with Crippen molar-refractivity contribution in [1.82, 2.24) is 0 Å². The monoisotopic (exact) mass is 352 g/mol. The van der Waals surface area contributed by atoms with Gasteiger partial charge < -0.3 is 4.74 Å². The standard InChI is InChI=1S/C12H14BrFO4S/c1-8(5-12(15)18-2)19(16,17)7-9-3-4-10(13)6-11(9)14/h3-4,6,8H,5,7H2,1-2H3. The fraction of sp³-hybridized carbons (Fsp3) is 0.417. The van der Waals surface area contributed by atoms with Crippen LogP contribution in [0.5, 0.6) is 0 Å². The summed E-state index contributed by atoms with van der Waals surface area (Å²) in [7, 11) is -2.42. The second kappa shape index (κ2) is 6.47. The van der Waals surface area contributed by atoms with E-state index in [0.29, 0.717) is 4.47 Å². The summed E-state index contributed by atoms with van der Waals surface area (Å²) in [5, 5.41) is -0.914. The number of benzene rings is 1. The average Bonchev–Trinajstić information content (AvgIpc) is 2.32. The Kier molecular flexibility index (Phi) is 5.49. The molecular formula is C12H14BrFO4S. The topological polar surface area (TPSA) is 60.4 Å². The molecule has 0 saturated carbocycles. The van der Waals surface area contributed by atoms with Gasteiger partial charge in [-0.05, 0) is 19.1 Å². The Balaban J connectivity index is 2.87. The molecule has 0 aromatic heterocycles. The predicted molar refractivity (Wildman–Crippen MR) is 72.8 cm³/mol. The van der Waals surface area contributed by atoms with Crippen LogP contribution in [0.3, 0.4) is 0 Å². The van der Waals surface area contributed by atoms with Gasteiger partial charge in [0.2, 0.25) is 0 Å². The van der Waals surface area contributed by atoms with E-state index >= 15 is 0 Å². The van der Waals surface area contributed by atoms with Gasteiger partial charge in [-0.3, -0.25) is 4.79 Å². The van der Waals surface area contributed by atoms with Crippen LogP contribution in [0.15, 0.2) is 22.7 Å². The molecule has 1 unspecified atom stereocenters. The second-order valence-corrected chi connectivity index (χ2v) is 7.47. The Morgan fingerprint density at radius 3 is 2.63 bits per heavy atom. The van der Waals surface area contributed by atoms with Gasteiger partial charge in [0.05, 0.1) is 24.5 Å². The average molecular weight is 353 g/mol. The summed E-state index contributed by atoms with van der Waals surface area (Å²) in [4.78, 5) is 11.1. The molecule has 1 aromatic carbocycles. The molecule has 0 heterocycles. The van der Waals surface area contributed by atoms with E-state index in [-0.39, 0.29) is 12.0 Å². The first-order chi connectivity index (χ1) is 8.76. The lowest BCUT2D eigenvalue weighted by molar-refractivity contribution is -0.140. The summed E-state index contributed by atoms with van der Waals surface area (Å²) < 4.78 is 42.5. The highest BCUT2D eigenvalue weighted by Gasteiger charge is 2.25. The molecule has 7 heteroatoms. The number of hydrogen-bond acceptors (Lipinski definition) is 4. The Morgan fingerprint density at radius 2 is 2.11 bits per heavy atom. The minimum atomic E-state index is -3.61. The van der Waals surface area contributed by atoms with Crippen molar-refractivity contribution in [2.75, 3.05) is 7.11 Å². The third-order valence-corrected chi connectivity index (χ3v) is 5.27.